The zero-order valence-corrected chi connectivity index (χ0v) is 18.8. The van der Waals surface area contributed by atoms with Gasteiger partial charge in [-0.3, -0.25) is 14.9 Å². The predicted octanol–water partition coefficient (Wildman–Crippen LogP) is 6.38. The van der Waals surface area contributed by atoms with E-state index < -0.39 is 10.8 Å². The Hall–Kier alpha value is -4.44. The van der Waals surface area contributed by atoms with Crippen molar-refractivity contribution in [3.8, 4) is 28.5 Å². The SMILES string of the molecule is O=C(Nc1ccc2oc(-c3ccc(O)c(Br)c3)nc2c1)c1ccc(-c2cccc([N+](=O)[O-])c2)o1. The van der Waals surface area contributed by atoms with Crippen LogP contribution in [0.4, 0.5) is 11.4 Å². The molecule has 10 heteroatoms. The smallest absolute Gasteiger partial charge is 0.291 e. The van der Waals surface area contributed by atoms with Crippen LogP contribution in [0.15, 0.2) is 86.1 Å². The van der Waals surface area contributed by atoms with E-state index in [4.69, 9.17) is 8.83 Å². The summed E-state index contributed by atoms with van der Waals surface area (Å²) >= 11 is 3.27. The van der Waals surface area contributed by atoms with Gasteiger partial charge in [0.25, 0.3) is 11.6 Å². The second-order valence-corrected chi connectivity index (χ2v) is 8.15. The van der Waals surface area contributed by atoms with Crippen LogP contribution in [0.25, 0.3) is 33.9 Å². The monoisotopic (exact) mass is 519 g/mol. The molecule has 168 valence electrons. The third-order valence-corrected chi connectivity index (χ3v) is 5.65. The molecule has 2 heterocycles. The Morgan fingerprint density at radius 1 is 1.00 bits per heavy atom. The van der Waals surface area contributed by atoms with Crippen LogP contribution in [0.1, 0.15) is 10.6 Å². The van der Waals surface area contributed by atoms with Gasteiger partial charge >= 0.3 is 0 Å². The average Bonchev–Trinajstić information content (AvgIpc) is 3.48. The van der Waals surface area contributed by atoms with Gasteiger partial charge in [0, 0.05) is 28.9 Å². The van der Waals surface area contributed by atoms with Crippen LogP contribution < -0.4 is 5.32 Å². The molecule has 9 nitrogen and oxygen atoms in total. The molecular formula is C24H14BrN3O6. The van der Waals surface area contributed by atoms with Crippen LogP contribution in [-0.4, -0.2) is 20.9 Å². The van der Waals surface area contributed by atoms with E-state index in [9.17, 15) is 20.0 Å². The van der Waals surface area contributed by atoms with Crippen molar-refractivity contribution in [2.24, 2.45) is 0 Å². The summed E-state index contributed by atoms with van der Waals surface area (Å²) in [5, 5.41) is 23.4. The Balaban J connectivity index is 1.36. The number of aromatic hydroxyl groups is 1. The summed E-state index contributed by atoms with van der Waals surface area (Å²) in [5.41, 5.74) is 2.65. The lowest BCUT2D eigenvalue weighted by molar-refractivity contribution is -0.384. The van der Waals surface area contributed by atoms with Gasteiger partial charge < -0.3 is 19.3 Å². The van der Waals surface area contributed by atoms with Gasteiger partial charge in [0.2, 0.25) is 5.89 Å². The van der Waals surface area contributed by atoms with Gasteiger partial charge in [-0.1, -0.05) is 12.1 Å². The number of fused-ring (bicyclic) bond motifs is 1. The average molecular weight is 520 g/mol. The number of non-ortho nitro benzene ring substituents is 1. The van der Waals surface area contributed by atoms with E-state index in [0.717, 1.165) is 0 Å². The number of halogens is 1. The molecule has 0 bridgehead atoms. The number of phenolic OH excluding ortho intramolecular Hbond substituents is 1. The lowest BCUT2D eigenvalue weighted by Gasteiger charge is -2.02. The first-order valence-electron chi connectivity index (χ1n) is 9.93. The Morgan fingerprint density at radius 2 is 1.85 bits per heavy atom. The van der Waals surface area contributed by atoms with Crippen LogP contribution in [0.2, 0.25) is 0 Å². The molecule has 0 saturated carbocycles. The van der Waals surface area contributed by atoms with E-state index >= 15 is 0 Å². The maximum Gasteiger partial charge on any atom is 0.291 e. The number of hydrogen-bond donors (Lipinski definition) is 2. The van der Waals surface area contributed by atoms with Crippen molar-refractivity contribution >= 4 is 44.3 Å². The van der Waals surface area contributed by atoms with Gasteiger partial charge in [0.05, 0.1) is 9.40 Å². The second-order valence-electron chi connectivity index (χ2n) is 7.29. The van der Waals surface area contributed by atoms with Crippen LogP contribution in [-0.2, 0) is 0 Å². The van der Waals surface area contributed by atoms with Crippen LogP contribution in [0, 0.1) is 10.1 Å². The molecule has 2 aromatic heterocycles. The number of carbonyl (C=O) groups excluding carboxylic acids is 1. The third-order valence-electron chi connectivity index (χ3n) is 5.01. The lowest BCUT2D eigenvalue weighted by atomic mass is 10.1. The molecule has 0 fully saturated rings. The Morgan fingerprint density at radius 3 is 2.65 bits per heavy atom. The highest BCUT2D eigenvalue weighted by Crippen LogP contribution is 2.32. The molecule has 0 atom stereocenters. The number of hydrogen-bond acceptors (Lipinski definition) is 7. The molecule has 0 aliphatic rings. The first kappa shape index (κ1) is 21.4. The van der Waals surface area contributed by atoms with E-state index in [-0.39, 0.29) is 17.2 Å². The largest absolute Gasteiger partial charge is 0.507 e. The number of phenols is 1. The van der Waals surface area contributed by atoms with Crippen molar-refractivity contribution in [1.82, 2.24) is 4.98 Å². The molecule has 2 N–H and O–H groups in total. The molecule has 0 aliphatic carbocycles. The summed E-state index contributed by atoms with van der Waals surface area (Å²) in [7, 11) is 0. The second kappa shape index (κ2) is 8.49. The van der Waals surface area contributed by atoms with Crippen molar-refractivity contribution in [3.63, 3.8) is 0 Å². The molecule has 0 saturated heterocycles. The highest BCUT2D eigenvalue weighted by Gasteiger charge is 2.16. The van der Waals surface area contributed by atoms with Crippen molar-refractivity contribution in [2.45, 2.75) is 0 Å². The minimum Gasteiger partial charge on any atom is -0.507 e. The quantitative estimate of drug-likeness (QED) is 0.203. The highest BCUT2D eigenvalue weighted by atomic mass is 79.9. The Bertz CT molecular complexity index is 1570. The molecule has 0 aliphatic heterocycles. The molecule has 1 amide bonds. The van der Waals surface area contributed by atoms with Crippen molar-refractivity contribution in [1.29, 1.82) is 0 Å². The number of nitro groups is 1. The number of anilines is 1. The minimum atomic E-state index is -0.494. The van der Waals surface area contributed by atoms with E-state index in [1.807, 2.05) is 0 Å². The molecular weight excluding hydrogens is 506 g/mol. The first-order chi connectivity index (χ1) is 16.4. The summed E-state index contributed by atoms with van der Waals surface area (Å²) < 4.78 is 11.9. The predicted molar refractivity (Wildman–Crippen MR) is 128 cm³/mol. The van der Waals surface area contributed by atoms with Gasteiger partial charge in [-0.25, -0.2) is 4.98 Å². The number of rotatable bonds is 5. The number of carbonyl (C=O) groups is 1. The van der Waals surface area contributed by atoms with Gasteiger partial charge in [0.1, 0.15) is 17.0 Å². The zero-order valence-electron chi connectivity index (χ0n) is 17.2. The van der Waals surface area contributed by atoms with Gasteiger partial charge in [-0.2, -0.15) is 0 Å². The molecule has 5 aromatic rings. The van der Waals surface area contributed by atoms with Crippen molar-refractivity contribution < 1.29 is 23.7 Å². The van der Waals surface area contributed by atoms with E-state index in [1.165, 1.54) is 24.3 Å². The molecule has 5 rings (SSSR count). The number of oxazole rings is 1. The fourth-order valence-corrected chi connectivity index (χ4v) is 3.73. The van der Waals surface area contributed by atoms with Crippen molar-refractivity contribution in [2.75, 3.05) is 5.32 Å². The highest BCUT2D eigenvalue weighted by molar-refractivity contribution is 9.10. The number of nitrogens with zero attached hydrogens (tertiary/aromatic N) is 2. The Labute approximate surface area is 199 Å². The maximum absolute atomic E-state index is 12.7. The number of amides is 1. The number of nitrogens with one attached hydrogen (secondary N) is 1. The van der Waals surface area contributed by atoms with Gasteiger partial charge in [-0.05, 0) is 64.5 Å². The lowest BCUT2D eigenvalue weighted by Crippen LogP contribution is -2.10. The molecule has 0 spiro atoms. The number of nitro benzene ring substituents is 1. The fourth-order valence-electron chi connectivity index (χ4n) is 3.35. The fraction of sp³-hybridized carbons (Fsp3) is 0. The zero-order chi connectivity index (χ0) is 23.8. The van der Waals surface area contributed by atoms with Crippen molar-refractivity contribution in [3.05, 3.63) is 93.1 Å². The van der Waals surface area contributed by atoms with E-state index in [0.29, 0.717) is 44.0 Å². The molecule has 0 radical (unpaired) electrons. The van der Waals surface area contributed by atoms with Crippen LogP contribution in [0.3, 0.4) is 0 Å². The third kappa shape index (κ3) is 4.14. The normalized spacial score (nSPS) is 11.0. The van der Waals surface area contributed by atoms with Crippen LogP contribution >= 0.6 is 15.9 Å². The standard InChI is InChI=1S/C24H14BrN3O6/c25-17-11-14(4-6-19(17)29)24-27-18-12-15(5-7-21(18)34-24)26-23(30)22-9-8-20(33-22)13-2-1-3-16(10-13)28(31)32/h1-12,29H,(H,26,30). The molecule has 34 heavy (non-hydrogen) atoms. The van der Waals surface area contributed by atoms with Crippen LogP contribution in [0.5, 0.6) is 5.75 Å². The van der Waals surface area contributed by atoms with E-state index in [2.05, 4.69) is 26.2 Å². The maximum atomic E-state index is 12.7. The summed E-state index contributed by atoms with van der Waals surface area (Å²) in [4.78, 5) is 27.6. The Kier molecular flexibility index (Phi) is 5.34. The van der Waals surface area contributed by atoms with Gasteiger partial charge in [0.15, 0.2) is 11.3 Å². The summed E-state index contributed by atoms with van der Waals surface area (Å²) in [5.74, 6) is 0.382. The summed E-state index contributed by atoms with van der Waals surface area (Å²) in [6, 6.07) is 19.0. The topological polar surface area (TPSA) is 132 Å². The van der Waals surface area contributed by atoms with Gasteiger partial charge in [-0.15, -0.1) is 0 Å². The van der Waals surface area contributed by atoms with E-state index in [1.54, 1.807) is 48.5 Å². The first-order valence-corrected chi connectivity index (χ1v) is 10.7. The summed E-state index contributed by atoms with van der Waals surface area (Å²) in [6.07, 6.45) is 0. The number of aromatic nitrogens is 1. The number of furan rings is 1. The molecule has 3 aromatic carbocycles. The number of benzene rings is 3. The summed E-state index contributed by atoms with van der Waals surface area (Å²) in [6.45, 7) is 0. The minimum absolute atomic E-state index is 0.0522. The molecule has 0 unspecified atom stereocenters.